The number of amides is 1. The second-order valence-corrected chi connectivity index (χ2v) is 5.19. The lowest BCUT2D eigenvalue weighted by Crippen LogP contribution is -2.23. The fourth-order valence-electron chi connectivity index (χ4n) is 2.30. The minimum absolute atomic E-state index is 0.182. The number of carbonyl (C=O) groups excluding carboxylic acids is 1. The fraction of sp³-hybridized carbons (Fsp3) is 0.316. The largest absolute Gasteiger partial charge is 0.497 e. The van der Waals surface area contributed by atoms with Gasteiger partial charge in [-0.2, -0.15) is 0 Å². The van der Waals surface area contributed by atoms with Crippen LogP contribution in [0.5, 0.6) is 11.5 Å². The van der Waals surface area contributed by atoms with Crippen LogP contribution in [0.2, 0.25) is 0 Å². The van der Waals surface area contributed by atoms with Gasteiger partial charge in [-0.3, -0.25) is 4.79 Å². The van der Waals surface area contributed by atoms with Gasteiger partial charge in [0, 0.05) is 24.8 Å². The summed E-state index contributed by atoms with van der Waals surface area (Å²) in [5.41, 5.74) is 2.60. The Hall–Kier alpha value is -2.53. The van der Waals surface area contributed by atoms with E-state index in [1.165, 1.54) is 0 Å². The highest BCUT2D eigenvalue weighted by molar-refractivity contribution is 5.95. The number of nitrogens with one attached hydrogen (secondary N) is 1. The second-order valence-electron chi connectivity index (χ2n) is 5.19. The van der Waals surface area contributed by atoms with Crippen molar-refractivity contribution in [3.63, 3.8) is 0 Å². The maximum Gasteiger partial charge on any atom is 0.251 e. The maximum absolute atomic E-state index is 12.4. The van der Waals surface area contributed by atoms with Crippen LogP contribution in [0, 0.1) is 0 Å². The zero-order valence-corrected chi connectivity index (χ0v) is 14.3. The summed E-state index contributed by atoms with van der Waals surface area (Å²) in [5, 5.41) is 2.93. The van der Waals surface area contributed by atoms with Crippen LogP contribution in [-0.2, 0) is 17.9 Å². The van der Waals surface area contributed by atoms with E-state index in [9.17, 15) is 4.79 Å². The van der Waals surface area contributed by atoms with Gasteiger partial charge in [0.1, 0.15) is 11.5 Å². The molecule has 0 heterocycles. The Labute approximate surface area is 142 Å². The van der Waals surface area contributed by atoms with E-state index < -0.39 is 0 Å². The molecule has 24 heavy (non-hydrogen) atoms. The van der Waals surface area contributed by atoms with Crippen molar-refractivity contribution in [1.29, 1.82) is 0 Å². The topological polar surface area (TPSA) is 56.8 Å². The van der Waals surface area contributed by atoms with Crippen LogP contribution < -0.4 is 14.8 Å². The highest BCUT2D eigenvalue weighted by Gasteiger charge is 2.10. The van der Waals surface area contributed by atoms with Gasteiger partial charge in [-0.1, -0.05) is 24.3 Å². The highest BCUT2D eigenvalue weighted by atomic mass is 16.5. The monoisotopic (exact) mass is 329 g/mol. The molecule has 2 aromatic carbocycles. The summed E-state index contributed by atoms with van der Waals surface area (Å²) in [6.45, 7) is 3.59. The minimum atomic E-state index is -0.182. The van der Waals surface area contributed by atoms with E-state index in [2.05, 4.69) is 5.32 Å². The van der Waals surface area contributed by atoms with Crippen molar-refractivity contribution < 1.29 is 19.0 Å². The lowest BCUT2D eigenvalue weighted by Gasteiger charge is -2.12. The predicted molar refractivity (Wildman–Crippen MR) is 92.5 cm³/mol. The average molecular weight is 329 g/mol. The molecule has 0 aromatic heterocycles. The summed E-state index contributed by atoms with van der Waals surface area (Å²) >= 11 is 0. The van der Waals surface area contributed by atoms with E-state index >= 15 is 0 Å². The molecule has 0 aliphatic heterocycles. The summed E-state index contributed by atoms with van der Waals surface area (Å²) in [6.07, 6.45) is 0. The molecule has 0 saturated carbocycles. The SMILES string of the molecule is CCOCc1ccccc1CNC(=O)c1cc(OC)cc(OC)c1. The van der Waals surface area contributed by atoms with Gasteiger partial charge in [0.2, 0.25) is 0 Å². The molecule has 0 bridgehead atoms. The quantitative estimate of drug-likeness (QED) is 0.808. The molecule has 0 radical (unpaired) electrons. The van der Waals surface area contributed by atoms with Crippen LogP contribution in [-0.4, -0.2) is 26.7 Å². The van der Waals surface area contributed by atoms with Crippen molar-refractivity contribution >= 4 is 5.91 Å². The summed E-state index contributed by atoms with van der Waals surface area (Å²) in [5.74, 6) is 0.978. The molecule has 2 rings (SSSR count). The lowest BCUT2D eigenvalue weighted by molar-refractivity contribution is 0.0949. The predicted octanol–water partition coefficient (Wildman–Crippen LogP) is 3.17. The average Bonchev–Trinajstić information content (AvgIpc) is 2.64. The van der Waals surface area contributed by atoms with Crippen molar-refractivity contribution in [3.8, 4) is 11.5 Å². The molecular weight excluding hydrogens is 306 g/mol. The molecule has 0 aliphatic carbocycles. The van der Waals surface area contributed by atoms with Crippen LogP contribution in [0.1, 0.15) is 28.4 Å². The number of ether oxygens (including phenoxy) is 3. The molecule has 5 nitrogen and oxygen atoms in total. The van der Waals surface area contributed by atoms with E-state index in [1.807, 2.05) is 31.2 Å². The number of rotatable bonds is 8. The zero-order valence-electron chi connectivity index (χ0n) is 14.3. The third kappa shape index (κ3) is 4.73. The Morgan fingerprint density at radius 2 is 1.62 bits per heavy atom. The van der Waals surface area contributed by atoms with Gasteiger partial charge >= 0.3 is 0 Å². The zero-order chi connectivity index (χ0) is 17.4. The number of benzene rings is 2. The Balaban J connectivity index is 2.08. The molecule has 0 atom stereocenters. The van der Waals surface area contributed by atoms with Crippen molar-refractivity contribution in [2.24, 2.45) is 0 Å². The summed E-state index contributed by atoms with van der Waals surface area (Å²) in [4.78, 5) is 12.4. The fourth-order valence-corrected chi connectivity index (χ4v) is 2.30. The smallest absolute Gasteiger partial charge is 0.251 e. The van der Waals surface area contributed by atoms with E-state index in [1.54, 1.807) is 32.4 Å². The van der Waals surface area contributed by atoms with E-state index in [0.29, 0.717) is 36.8 Å². The Kier molecular flexibility index (Phi) is 6.63. The minimum Gasteiger partial charge on any atom is -0.497 e. The first kappa shape index (κ1) is 17.8. The van der Waals surface area contributed by atoms with Gasteiger partial charge in [-0.25, -0.2) is 0 Å². The van der Waals surface area contributed by atoms with Crippen molar-refractivity contribution in [2.75, 3.05) is 20.8 Å². The first-order valence-corrected chi connectivity index (χ1v) is 7.83. The number of hydrogen-bond acceptors (Lipinski definition) is 4. The van der Waals surface area contributed by atoms with Gasteiger partial charge in [0.15, 0.2) is 0 Å². The van der Waals surface area contributed by atoms with Crippen LogP contribution in [0.15, 0.2) is 42.5 Å². The molecule has 0 spiro atoms. The number of methoxy groups -OCH3 is 2. The first-order chi connectivity index (χ1) is 11.7. The standard InChI is InChI=1S/C19H23NO4/c1-4-24-13-15-8-6-5-7-14(15)12-20-19(21)16-9-17(22-2)11-18(10-16)23-3/h5-11H,4,12-13H2,1-3H3,(H,20,21). The van der Waals surface area contributed by atoms with Crippen molar-refractivity contribution in [3.05, 3.63) is 59.2 Å². The Bertz CT molecular complexity index is 663. The lowest BCUT2D eigenvalue weighted by atomic mass is 10.1. The highest BCUT2D eigenvalue weighted by Crippen LogP contribution is 2.22. The molecule has 5 heteroatoms. The Morgan fingerprint density at radius 1 is 1.00 bits per heavy atom. The Morgan fingerprint density at radius 3 is 2.21 bits per heavy atom. The van der Waals surface area contributed by atoms with E-state index in [0.717, 1.165) is 11.1 Å². The second kappa shape index (κ2) is 8.93. The number of hydrogen-bond donors (Lipinski definition) is 1. The molecule has 0 fully saturated rings. The summed E-state index contributed by atoms with van der Waals surface area (Å²) in [7, 11) is 3.11. The van der Waals surface area contributed by atoms with Crippen molar-refractivity contribution in [2.45, 2.75) is 20.1 Å². The van der Waals surface area contributed by atoms with Gasteiger partial charge in [-0.15, -0.1) is 0 Å². The molecule has 1 N–H and O–H groups in total. The first-order valence-electron chi connectivity index (χ1n) is 7.83. The van der Waals surface area contributed by atoms with Crippen molar-refractivity contribution in [1.82, 2.24) is 5.32 Å². The van der Waals surface area contributed by atoms with Gasteiger partial charge in [0.05, 0.1) is 20.8 Å². The molecule has 0 aliphatic rings. The van der Waals surface area contributed by atoms with Gasteiger partial charge in [0.25, 0.3) is 5.91 Å². The van der Waals surface area contributed by atoms with E-state index in [4.69, 9.17) is 14.2 Å². The van der Waals surface area contributed by atoms with Gasteiger partial charge in [-0.05, 0) is 30.2 Å². The molecule has 128 valence electrons. The number of carbonyl (C=O) groups is 1. The molecular formula is C19H23NO4. The third-order valence-electron chi connectivity index (χ3n) is 3.63. The van der Waals surface area contributed by atoms with Gasteiger partial charge < -0.3 is 19.5 Å². The molecule has 0 saturated heterocycles. The maximum atomic E-state index is 12.4. The van der Waals surface area contributed by atoms with Crippen LogP contribution in [0.3, 0.4) is 0 Å². The van der Waals surface area contributed by atoms with Crippen LogP contribution >= 0.6 is 0 Å². The molecule has 2 aromatic rings. The van der Waals surface area contributed by atoms with Crippen LogP contribution in [0.25, 0.3) is 0 Å². The van der Waals surface area contributed by atoms with E-state index in [-0.39, 0.29) is 5.91 Å². The third-order valence-corrected chi connectivity index (χ3v) is 3.63. The normalized spacial score (nSPS) is 10.3. The summed E-state index contributed by atoms with van der Waals surface area (Å²) < 4.78 is 15.9. The molecule has 0 unspecified atom stereocenters. The molecule has 1 amide bonds. The summed E-state index contributed by atoms with van der Waals surface area (Å²) in [6, 6.07) is 13.0. The van der Waals surface area contributed by atoms with Crippen LogP contribution in [0.4, 0.5) is 0 Å².